The average Bonchev–Trinajstić information content (AvgIpc) is 2.73. The number of aromatic nitrogens is 2. The van der Waals surface area contributed by atoms with E-state index < -0.39 is 9.84 Å². The van der Waals surface area contributed by atoms with E-state index in [0.29, 0.717) is 18.0 Å². The lowest BCUT2D eigenvalue weighted by Gasteiger charge is -2.08. The third-order valence-electron chi connectivity index (χ3n) is 2.37. The molecule has 0 fully saturated rings. The molecule has 0 saturated carbocycles. The summed E-state index contributed by atoms with van der Waals surface area (Å²) in [5, 5.41) is 3.69. The largest absolute Gasteiger partial charge is 0.382 e. The quantitative estimate of drug-likeness (QED) is 0.857. The number of nitrogens with zero attached hydrogens (tertiary/aromatic N) is 2. The zero-order valence-corrected chi connectivity index (χ0v) is 12.1. The Kier molecular flexibility index (Phi) is 4.04. The Morgan fingerprint density at radius 3 is 2.89 bits per heavy atom. The van der Waals surface area contributed by atoms with E-state index in [0.717, 1.165) is 28.4 Å². The Labute approximate surface area is 114 Å². The van der Waals surface area contributed by atoms with Gasteiger partial charge in [-0.3, -0.25) is 0 Å². The maximum Gasteiger partial charge on any atom is 0.147 e. The first-order chi connectivity index (χ1) is 8.47. The van der Waals surface area contributed by atoms with E-state index in [2.05, 4.69) is 14.1 Å². The van der Waals surface area contributed by atoms with Crippen molar-refractivity contribution in [3.05, 3.63) is 17.2 Å². The van der Waals surface area contributed by atoms with Crippen LogP contribution in [0.25, 0.3) is 11.0 Å². The standard InChI is InChI=1S/C10H12ClN3O2S2/c1-18(15,16)6-2-5-12-9-7(11)3-4-8-10(9)14-17-13-8/h3-4,12H,2,5-6H2,1H3. The number of rotatable bonds is 5. The molecule has 0 aliphatic heterocycles. The number of anilines is 1. The fourth-order valence-electron chi connectivity index (χ4n) is 1.54. The summed E-state index contributed by atoms with van der Waals surface area (Å²) in [6.45, 7) is 0.531. The molecule has 0 unspecified atom stereocenters. The maximum atomic E-state index is 11.0. The highest BCUT2D eigenvalue weighted by Crippen LogP contribution is 2.29. The molecule has 0 saturated heterocycles. The molecule has 1 aromatic heterocycles. The van der Waals surface area contributed by atoms with Gasteiger partial charge in [0.1, 0.15) is 20.9 Å². The summed E-state index contributed by atoms with van der Waals surface area (Å²) in [7, 11) is -2.92. The summed E-state index contributed by atoms with van der Waals surface area (Å²) in [6.07, 6.45) is 1.76. The van der Waals surface area contributed by atoms with Gasteiger partial charge in [-0.2, -0.15) is 8.75 Å². The van der Waals surface area contributed by atoms with Gasteiger partial charge in [-0.15, -0.1) is 0 Å². The molecule has 1 heterocycles. The van der Waals surface area contributed by atoms with Crippen LogP contribution in [0, 0.1) is 0 Å². The molecule has 0 atom stereocenters. The molecule has 0 spiro atoms. The minimum atomic E-state index is -2.92. The topological polar surface area (TPSA) is 72.0 Å². The molecule has 0 aliphatic carbocycles. The summed E-state index contributed by atoms with van der Waals surface area (Å²) in [5.74, 6) is 0.156. The summed E-state index contributed by atoms with van der Waals surface area (Å²) >= 11 is 7.21. The van der Waals surface area contributed by atoms with E-state index in [1.807, 2.05) is 6.07 Å². The van der Waals surface area contributed by atoms with Crippen LogP contribution < -0.4 is 5.32 Å². The highest BCUT2D eigenvalue weighted by molar-refractivity contribution is 7.90. The van der Waals surface area contributed by atoms with Crippen molar-refractivity contribution in [2.45, 2.75) is 6.42 Å². The molecule has 8 heteroatoms. The predicted octanol–water partition coefficient (Wildman–Crippen LogP) is 2.19. The zero-order valence-electron chi connectivity index (χ0n) is 9.68. The van der Waals surface area contributed by atoms with Gasteiger partial charge in [-0.05, 0) is 18.6 Å². The second-order valence-corrected chi connectivity index (χ2v) is 7.16. The summed E-state index contributed by atoms with van der Waals surface area (Å²) < 4.78 is 30.3. The first-order valence-corrected chi connectivity index (χ1v) is 8.46. The Hall–Kier alpha value is -0.920. The van der Waals surface area contributed by atoms with Crippen molar-refractivity contribution in [2.75, 3.05) is 23.9 Å². The maximum absolute atomic E-state index is 11.0. The molecular formula is C10H12ClN3O2S2. The monoisotopic (exact) mass is 305 g/mol. The van der Waals surface area contributed by atoms with Gasteiger partial charge in [0, 0.05) is 12.8 Å². The number of hydrogen-bond acceptors (Lipinski definition) is 6. The van der Waals surface area contributed by atoms with Crippen LogP contribution in [0.3, 0.4) is 0 Å². The zero-order chi connectivity index (χ0) is 13.2. The van der Waals surface area contributed by atoms with Crippen molar-refractivity contribution < 1.29 is 8.42 Å². The molecule has 2 rings (SSSR count). The number of benzene rings is 1. The number of halogens is 1. The van der Waals surface area contributed by atoms with Crippen molar-refractivity contribution in [2.24, 2.45) is 0 Å². The molecule has 1 aromatic carbocycles. The molecule has 1 N–H and O–H groups in total. The van der Waals surface area contributed by atoms with Crippen molar-refractivity contribution >= 4 is 49.9 Å². The van der Waals surface area contributed by atoms with Crippen LogP contribution in [-0.4, -0.2) is 35.7 Å². The van der Waals surface area contributed by atoms with Crippen molar-refractivity contribution in [3.63, 3.8) is 0 Å². The minimum absolute atomic E-state index is 0.156. The molecule has 2 aromatic rings. The van der Waals surface area contributed by atoms with Crippen LogP contribution in [-0.2, 0) is 9.84 Å². The highest BCUT2D eigenvalue weighted by atomic mass is 35.5. The van der Waals surface area contributed by atoms with E-state index in [-0.39, 0.29) is 5.75 Å². The van der Waals surface area contributed by atoms with E-state index in [1.165, 1.54) is 6.26 Å². The van der Waals surface area contributed by atoms with Gasteiger partial charge in [-0.25, -0.2) is 8.42 Å². The van der Waals surface area contributed by atoms with Gasteiger partial charge >= 0.3 is 0 Å². The molecule has 0 amide bonds. The second-order valence-electron chi connectivity index (χ2n) is 3.96. The number of sulfone groups is 1. The first kappa shape index (κ1) is 13.5. The van der Waals surface area contributed by atoms with E-state index in [4.69, 9.17) is 11.6 Å². The number of hydrogen-bond donors (Lipinski definition) is 1. The van der Waals surface area contributed by atoms with Crippen LogP contribution in [0.1, 0.15) is 6.42 Å². The first-order valence-electron chi connectivity index (χ1n) is 5.30. The Balaban J connectivity index is 2.07. The van der Waals surface area contributed by atoms with Crippen LogP contribution in [0.2, 0.25) is 5.02 Å². The van der Waals surface area contributed by atoms with Crippen LogP contribution in [0.5, 0.6) is 0 Å². The summed E-state index contributed by atoms with van der Waals surface area (Å²) in [5.41, 5.74) is 2.23. The minimum Gasteiger partial charge on any atom is -0.382 e. The number of nitrogens with one attached hydrogen (secondary N) is 1. The Bertz CT molecular complexity index is 654. The molecule has 18 heavy (non-hydrogen) atoms. The van der Waals surface area contributed by atoms with Crippen molar-refractivity contribution in [1.82, 2.24) is 8.75 Å². The summed E-state index contributed by atoms with van der Waals surface area (Å²) in [6, 6.07) is 3.56. The second kappa shape index (κ2) is 5.38. The molecule has 98 valence electrons. The van der Waals surface area contributed by atoms with E-state index in [1.54, 1.807) is 6.07 Å². The van der Waals surface area contributed by atoms with Crippen molar-refractivity contribution in [3.8, 4) is 0 Å². The fraction of sp³-hybridized carbons (Fsp3) is 0.400. The lowest BCUT2D eigenvalue weighted by Crippen LogP contribution is -2.10. The molecule has 0 radical (unpaired) electrons. The van der Waals surface area contributed by atoms with Gasteiger partial charge in [0.25, 0.3) is 0 Å². The fourth-order valence-corrected chi connectivity index (χ4v) is 2.97. The number of fused-ring (bicyclic) bond motifs is 1. The Morgan fingerprint density at radius 1 is 1.39 bits per heavy atom. The third kappa shape index (κ3) is 3.30. The molecule has 0 aliphatic rings. The smallest absolute Gasteiger partial charge is 0.147 e. The lowest BCUT2D eigenvalue weighted by molar-refractivity contribution is 0.600. The van der Waals surface area contributed by atoms with Gasteiger partial charge in [0.2, 0.25) is 0 Å². The third-order valence-corrected chi connectivity index (χ3v) is 4.26. The molecular weight excluding hydrogens is 294 g/mol. The van der Waals surface area contributed by atoms with Gasteiger partial charge in [0.15, 0.2) is 0 Å². The van der Waals surface area contributed by atoms with Gasteiger partial charge < -0.3 is 5.32 Å². The average molecular weight is 306 g/mol. The molecule has 5 nitrogen and oxygen atoms in total. The highest BCUT2D eigenvalue weighted by Gasteiger charge is 2.09. The SMILES string of the molecule is CS(=O)(=O)CCCNc1c(Cl)ccc2nsnc12. The van der Waals surface area contributed by atoms with Crippen LogP contribution in [0.4, 0.5) is 5.69 Å². The Morgan fingerprint density at radius 2 is 2.17 bits per heavy atom. The van der Waals surface area contributed by atoms with Crippen LogP contribution in [0.15, 0.2) is 12.1 Å². The normalized spacial score (nSPS) is 11.9. The van der Waals surface area contributed by atoms with Gasteiger partial charge in [-0.1, -0.05) is 11.6 Å². The van der Waals surface area contributed by atoms with Crippen LogP contribution >= 0.6 is 23.3 Å². The summed E-state index contributed by atoms with van der Waals surface area (Å²) in [4.78, 5) is 0. The van der Waals surface area contributed by atoms with Gasteiger partial charge in [0.05, 0.1) is 28.2 Å². The lowest BCUT2D eigenvalue weighted by atomic mass is 10.2. The van der Waals surface area contributed by atoms with E-state index >= 15 is 0 Å². The predicted molar refractivity (Wildman–Crippen MR) is 75.2 cm³/mol. The van der Waals surface area contributed by atoms with Crippen molar-refractivity contribution in [1.29, 1.82) is 0 Å². The molecule has 0 bridgehead atoms. The van der Waals surface area contributed by atoms with E-state index in [9.17, 15) is 8.42 Å².